The Labute approximate surface area is 166 Å². The number of aryl methyl sites for hydroxylation is 1. The average Bonchev–Trinajstić information content (AvgIpc) is 2.65. The third kappa shape index (κ3) is 7.11. The maximum atomic E-state index is 13.9. The molecule has 3 nitrogen and oxygen atoms in total. The number of nitrogens with zero attached hydrogens (tertiary/aromatic N) is 1. The lowest BCUT2D eigenvalue weighted by molar-refractivity contribution is -0.0198. The van der Waals surface area contributed by atoms with Crippen LogP contribution in [0.15, 0.2) is 36.5 Å². The van der Waals surface area contributed by atoms with Gasteiger partial charge in [0.1, 0.15) is 5.82 Å². The number of hydrogen-bond acceptors (Lipinski definition) is 2. The topological polar surface area (TPSA) is 42.0 Å². The highest BCUT2D eigenvalue weighted by Crippen LogP contribution is 2.27. The van der Waals surface area contributed by atoms with Crippen LogP contribution in [0.4, 0.5) is 17.6 Å². The Balaban J connectivity index is 1.64. The molecule has 0 unspecified atom stereocenters. The molecule has 0 fully saturated rings. The van der Waals surface area contributed by atoms with Crippen LogP contribution in [-0.4, -0.2) is 23.4 Å². The van der Waals surface area contributed by atoms with Crippen molar-refractivity contribution in [1.82, 2.24) is 10.3 Å². The number of hydrogen-bond donors (Lipinski definition) is 1. The summed E-state index contributed by atoms with van der Waals surface area (Å²) >= 11 is 5.73. The van der Waals surface area contributed by atoms with E-state index in [9.17, 15) is 22.4 Å². The molecule has 1 N–H and O–H groups in total. The van der Waals surface area contributed by atoms with Gasteiger partial charge in [-0.15, -0.1) is 0 Å². The Bertz CT molecular complexity index is 784. The first-order chi connectivity index (χ1) is 13.3. The van der Waals surface area contributed by atoms with E-state index in [4.69, 9.17) is 11.6 Å². The van der Waals surface area contributed by atoms with Crippen molar-refractivity contribution in [2.75, 3.05) is 6.54 Å². The lowest BCUT2D eigenvalue weighted by Crippen LogP contribution is -2.25. The molecule has 0 atom stereocenters. The molecule has 8 heteroatoms. The SMILES string of the molecule is O=C(NCCCCC(F)(F)CCCc1ccc(F)nc1)c1cccc(F)c1Cl. The van der Waals surface area contributed by atoms with E-state index < -0.39 is 23.6 Å². The molecule has 0 radical (unpaired) electrons. The van der Waals surface area contributed by atoms with Crippen molar-refractivity contribution in [2.24, 2.45) is 0 Å². The van der Waals surface area contributed by atoms with Crippen molar-refractivity contribution in [3.05, 3.63) is 64.4 Å². The molecule has 1 heterocycles. The smallest absolute Gasteiger partial charge is 0.252 e. The van der Waals surface area contributed by atoms with E-state index in [-0.39, 0.29) is 42.8 Å². The number of benzene rings is 1. The van der Waals surface area contributed by atoms with Crippen molar-refractivity contribution in [1.29, 1.82) is 0 Å². The van der Waals surface area contributed by atoms with Gasteiger partial charge in [0.15, 0.2) is 0 Å². The van der Waals surface area contributed by atoms with E-state index in [1.807, 2.05) is 0 Å². The van der Waals surface area contributed by atoms with E-state index in [1.165, 1.54) is 30.5 Å². The molecule has 28 heavy (non-hydrogen) atoms. The number of carbonyl (C=O) groups excluding carboxylic acids is 1. The zero-order valence-corrected chi connectivity index (χ0v) is 15.9. The summed E-state index contributed by atoms with van der Waals surface area (Å²) in [5.74, 6) is -4.63. The van der Waals surface area contributed by atoms with Gasteiger partial charge in [0.2, 0.25) is 11.9 Å². The Morgan fingerprint density at radius 2 is 1.82 bits per heavy atom. The fraction of sp³-hybridized carbons (Fsp3) is 0.400. The highest BCUT2D eigenvalue weighted by Gasteiger charge is 2.27. The van der Waals surface area contributed by atoms with Gasteiger partial charge in [-0.3, -0.25) is 4.79 Å². The van der Waals surface area contributed by atoms with Gasteiger partial charge in [-0.1, -0.05) is 23.7 Å². The molecule has 0 aliphatic carbocycles. The monoisotopic (exact) mass is 416 g/mol. The standard InChI is InChI=1S/C20H21ClF4N2O/c21-18-15(6-3-7-16(18)22)19(28)26-12-2-1-10-20(24,25)11-4-5-14-8-9-17(23)27-13-14/h3,6-9,13H,1-2,4-5,10-12H2,(H,26,28). The maximum Gasteiger partial charge on any atom is 0.252 e. The highest BCUT2D eigenvalue weighted by atomic mass is 35.5. The first-order valence-electron chi connectivity index (χ1n) is 8.99. The van der Waals surface area contributed by atoms with E-state index >= 15 is 0 Å². The lowest BCUT2D eigenvalue weighted by atomic mass is 10.0. The van der Waals surface area contributed by atoms with Gasteiger partial charge < -0.3 is 5.32 Å². The van der Waals surface area contributed by atoms with Gasteiger partial charge in [-0.05, 0) is 49.4 Å². The fourth-order valence-corrected chi connectivity index (χ4v) is 2.93. The second-order valence-electron chi connectivity index (χ2n) is 6.51. The molecular formula is C20H21ClF4N2O. The van der Waals surface area contributed by atoms with Crippen LogP contribution in [0.3, 0.4) is 0 Å². The van der Waals surface area contributed by atoms with Gasteiger partial charge in [0, 0.05) is 25.6 Å². The van der Waals surface area contributed by atoms with Crippen molar-refractivity contribution in [2.45, 2.75) is 44.4 Å². The van der Waals surface area contributed by atoms with Crippen LogP contribution in [0.2, 0.25) is 5.02 Å². The Hall–Kier alpha value is -2.15. The highest BCUT2D eigenvalue weighted by molar-refractivity contribution is 6.34. The minimum absolute atomic E-state index is 0.0160. The summed E-state index contributed by atoms with van der Waals surface area (Å²) in [6.45, 7) is 0.197. The van der Waals surface area contributed by atoms with Crippen LogP contribution < -0.4 is 5.32 Å². The van der Waals surface area contributed by atoms with Crippen LogP contribution >= 0.6 is 11.6 Å². The summed E-state index contributed by atoms with van der Waals surface area (Å²) in [4.78, 5) is 15.4. The minimum atomic E-state index is -2.80. The lowest BCUT2D eigenvalue weighted by Gasteiger charge is -2.16. The summed E-state index contributed by atoms with van der Waals surface area (Å²) < 4.78 is 53.9. The Morgan fingerprint density at radius 1 is 1.07 bits per heavy atom. The quantitative estimate of drug-likeness (QED) is 0.312. The number of nitrogens with one attached hydrogen (secondary N) is 1. The van der Waals surface area contributed by atoms with Gasteiger partial charge in [0.05, 0.1) is 10.6 Å². The Morgan fingerprint density at radius 3 is 2.54 bits per heavy atom. The third-order valence-electron chi connectivity index (χ3n) is 4.25. The van der Waals surface area contributed by atoms with E-state index in [1.54, 1.807) is 0 Å². The number of alkyl halides is 2. The normalized spacial score (nSPS) is 11.5. The van der Waals surface area contributed by atoms with Crippen LogP contribution in [0.5, 0.6) is 0 Å². The van der Waals surface area contributed by atoms with Crippen molar-refractivity contribution < 1.29 is 22.4 Å². The number of halogens is 5. The van der Waals surface area contributed by atoms with Gasteiger partial charge in [-0.25, -0.2) is 18.2 Å². The van der Waals surface area contributed by atoms with E-state index in [0.717, 1.165) is 11.6 Å². The molecule has 0 bridgehead atoms. The van der Waals surface area contributed by atoms with Crippen molar-refractivity contribution in [3.8, 4) is 0 Å². The largest absolute Gasteiger partial charge is 0.352 e. The summed E-state index contributed by atoms with van der Waals surface area (Å²) in [5.41, 5.74) is 0.734. The second kappa shape index (κ2) is 10.4. The molecule has 152 valence electrons. The van der Waals surface area contributed by atoms with E-state index in [0.29, 0.717) is 12.8 Å². The van der Waals surface area contributed by atoms with E-state index in [2.05, 4.69) is 10.3 Å². The zero-order valence-electron chi connectivity index (χ0n) is 15.2. The van der Waals surface area contributed by atoms with Crippen LogP contribution in [0, 0.1) is 11.8 Å². The first-order valence-corrected chi connectivity index (χ1v) is 9.37. The zero-order chi connectivity index (χ0) is 20.6. The van der Waals surface area contributed by atoms with Crippen LogP contribution in [0.25, 0.3) is 0 Å². The predicted octanol–water partition coefficient (Wildman–Crippen LogP) is 5.57. The molecule has 1 aromatic carbocycles. The molecular weight excluding hydrogens is 396 g/mol. The molecule has 1 amide bonds. The summed E-state index contributed by atoms with van der Waals surface area (Å²) in [6.07, 6.45) is 2.09. The molecule has 0 aliphatic heterocycles. The number of pyridine rings is 1. The average molecular weight is 417 g/mol. The minimum Gasteiger partial charge on any atom is -0.352 e. The molecule has 0 saturated heterocycles. The van der Waals surface area contributed by atoms with Gasteiger partial charge >= 0.3 is 0 Å². The second-order valence-corrected chi connectivity index (χ2v) is 6.89. The molecule has 2 rings (SSSR count). The molecule has 0 saturated carbocycles. The third-order valence-corrected chi connectivity index (χ3v) is 4.63. The number of amides is 1. The molecule has 1 aromatic heterocycles. The van der Waals surface area contributed by atoms with Crippen LogP contribution in [0.1, 0.15) is 48.0 Å². The van der Waals surface area contributed by atoms with Gasteiger partial charge in [-0.2, -0.15) is 4.39 Å². The number of unbranched alkanes of at least 4 members (excludes halogenated alkanes) is 1. The summed E-state index contributed by atoms with van der Waals surface area (Å²) in [7, 11) is 0. The fourth-order valence-electron chi connectivity index (χ4n) is 2.72. The summed E-state index contributed by atoms with van der Waals surface area (Å²) in [5, 5.41) is 2.29. The van der Waals surface area contributed by atoms with Crippen molar-refractivity contribution >= 4 is 17.5 Å². The predicted molar refractivity (Wildman–Crippen MR) is 99.7 cm³/mol. The number of rotatable bonds is 10. The molecule has 0 spiro atoms. The molecule has 0 aliphatic rings. The maximum absolute atomic E-state index is 13.9. The van der Waals surface area contributed by atoms with Crippen LogP contribution in [-0.2, 0) is 6.42 Å². The Kier molecular flexibility index (Phi) is 8.23. The number of carbonyl (C=O) groups is 1. The van der Waals surface area contributed by atoms with Crippen molar-refractivity contribution in [3.63, 3.8) is 0 Å². The summed E-state index contributed by atoms with van der Waals surface area (Å²) in [6, 6.07) is 6.66. The molecule has 2 aromatic rings. The van der Waals surface area contributed by atoms with Gasteiger partial charge in [0.25, 0.3) is 5.91 Å². The number of aromatic nitrogens is 1. The first kappa shape index (κ1) is 22.1.